The standard InChI is InChI=1S/C24H26N4O4S/c1-4-32-18-7-8-19-22(15-18)33-24(26-19)28(12-5-11-27-13-10-25-16-27)23(29)17-6-9-20(30-2)21(14-17)31-3/h6-10,13-16H,4-5,11-12H2,1-3H3. The van der Waals surface area contributed by atoms with Gasteiger partial charge in [0.15, 0.2) is 16.6 Å². The number of aromatic nitrogens is 3. The number of amides is 1. The normalized spacial score (nSPS) is 10.9. The zero-order valence-electron chi connectivity index (χ0n) is 18.9. The van der Waals surface area contributed by atoms with Gasteiger partial charge in [-0.25, -0.2) is 9.97 Å². The van der Waals surface area contributed by atoms with Crippen LogP contribution in [-0.2, 0) is 6.54 Å². The van der Waals surface area contributed by atoms with Crippen molar-refractivity contribution in [2.24, 2.45) is 0 Å². The second-order valence-electron chi connectivity index (χ2n) is 7.24. The molecular weight excluding hydrogens is 440 g/mol. The third-order valence-electron chi connectivity index (χ3n) is 5.12. The second kappa shape index (κ2) is 10.4. The monoisotopic (exact) mass is 466 g/mol. The van der Waals surface area contributed by atoms with Crippen LogP contribution in [0.25, 0.3) is 10.2 Å². The van der Waals surface area contributed by atoms with Gasteiger partial charge in [-0.3, -0.25) is 9.69 Å². The molecule has 0 aliphatic rings. The minimum atomic E-state index is -0.148. The molecule has 0 spiro atoms. The number of anilines is 1. The van der Waals surface area contributed by atoms with Gasteiger partial charge in [0.25, 0.3) is 5.91 Å². The molecule has 0 fully saturated rings. The van der Waals surface area contributed by atoms with Crippen LogP contribution in [0.5, 0.6) is 17.2 Å². The number of imidazole rings is 1. The number of carbonyl (C=O) groups excluding carboxylic acids is 1. The zero-order valence-corrected chi connectivity index (χ0v) is 19.7. The van der Waals surface area contributed by atoms with E-state index < -0.39 is 0 Å². The van der Waals surface area contributed by atoms with E-state index in [4.69, 9.17) is 19.2 Å². The fourth-order valence-corrected chi connectivity index (χ4v) is 4.52. The lowest BCUT2D eigenvalue weighted by molar-refractivity contribution is 0.0986. The highest BCUT2D eigenvalue weighted by molar-refractivity contribution is 7.22. The van der Waals surface area contributed by atoms with Crippen molar-refractivity contribution in [1.29, 1.82) is 0 Å². The molecule has 0 bridgehead atoms. The lowest BCUT2D eigenvalue weighted by atomic mass is 10.1. The Bertz CT molecular complexity index is 1220. The summed E-state index contributed by atoms with van der Waals surface area (Å²) >= 11 is 1.47. The van der Waals surface area contributed by atoms with Crippen molar-refractivity contribution in [3.63, 3.8) is 0 Å². The SMILES string of the molecule is CCOc1ccc2nc(N(CCCn3ccnc3)C(=O)c3ccc(OC)c(OC)c3)sc2c1. The molecule has 2 aromatic carbocycles. The number of thiazole rings is 1. The second-order valence-corrected chi connectivity index (χ2v) is 8.25. The van der Waals surface area contributed by atoms with Crippen molar-refractivity contribution >= 4 is 32.6 Å². The Morgan fingerprint density at radius 2 is 1.97 bits per heavy atom. The van der Waals surface area contributed by atoms with Crippen LogP contribution in [0.2, 0.25) is 0 Å². The molecule has 4 rings (SSSR count). The number of fused-ring (bicyclic) bond motifs is 1. The van der Waals surface area contributed by atoms with Gasteiger partial charge >= 0.3 is 0 Å². The van der Waals surface area contributed by atoms with Gasteiger partial charge in [-0.15, -0.1) is 0 Å². The zero-order chi connectivity index (χ0) is 23.2. The van der Waals surface area contributed by atoms with Crippen LogP contribution in [0, 0.1) is 0 Å². The van der Waals surface area contributed by atoms with E-state index in [1.54, 1.807) is 49.8 Å². The third kappa shape index (κ3) is 5.09. The summed E-state index contributed by atoms with van der Waals surface area (Å²) in [6, 6.07) is 11.0. The molecule has 9 heteroatoms. The van der Waals surface area contributed by atoms with Gasteiger partial charge in [0.1, 0.15) is 5.75 Å². The third-order valence-corrected chi connectivity index (χ3v) is 6.16. The highest BCUT2D eigenvalue weighted by Gasteiger charge is 2.22. The van der Waals surface area contributed by atoms with E-state index in [0.717, 1.165) is 28.9 Å². The fourth-order valence-electron chi connectivity index (χ4n) is 3.50. The van der Waals surface area contributed by atoms with Crippen molar-refractivity contribution in [1.82, 2.24) is 14.5 Å². The lowest BCUT2D eigenvalue weighted by Crippen LogP contribution is -2.32. The summed E-state index contributed by atoms with van der Waals surface area (Å²) in [4.78, 5) is 24.2. The molecule has 0 unspecified atom stereocenters. The van der Waals surface area contributed by atoms with Gasteiger partial charge < -0.3 is 18.8 Å². The molecule has 0 radical (unpaired) electrons. The summed E-state index contributed by atoms with van der Waals surface area (Å²) in [5, 5.41) is 0.643. The Morgan fingerprint density at radius 1 is 1.12 bits per heavy atom. The van der Waals surface area contributed by atoms with Crippen molar-refractivity contribution in [3.05, 3.63) is 60.7 Å². The van der Waals surface area contributed by atoms with Gasteiger partial charge in [0.2, 0.25) is 0 Å². The molecule has 2 aromatic heterocycles. The predicted octanol–water partition coefficient (Wildman–Crippen LogP) is 4.65. The number of aryl methyl sites for hydroxylation is 1. The average Bonchev–Trinajstić information content (AvgIpc) is 3.50. The Labute approximate surface area is 196 Å². The summed E-state index contributed by atoms with van der Waals surface area (Å²) in [6.07, 6.45) is 6.17. The summed E-state index contributed by atoms with van der Waals surface area (Å²) in [5.41, 5.74) is 1.34. The van der Waals surface area contributed by atoms with Crippen molar-refractivity contribution in [2.45, 2.75) is 19.9 Å². The van der Waals surface area contributed by atoms with Crippen LogP contribution >= 0.6 is 11.3 Å². The average molecular weight is 467 g/mol. The summed E-state index contributed by atoms with van der Waals surface area (Å²) < 4.78 is 19.3. The van der Waals surface area contributed by atoms with E-state index in [2.05, 4.69) is 4.98 Å². The molecule has 0 N–H and O–H groups in total. The van der Waals surface area contributed by atoms with E-state index in [0.29, 0.717) is 35.3 Å². The molecule has 33 heavy (non-hydrogen) atoms. The molecule has 0 saturated carbocycles. The minimum Gasteiger partial charge on any atom is -0.494 e. The van der Waals surface area contributed by atoms with Crippen LogP contribution in [0.3, 0.4) is 0 Å². The smallest absolute Gasteiger partial charge is 0.260 e. The number of rotatable bonds is 10. The summed E-state index contributed by atoms with van der Waals surface area (Å²) in [6.45, 7) is 3.79. The molecule has 8 nitrogen and oxygen atoms in total. The van der Waals surface area contributed by atoms with E-state index in [9.17, 15) is 4.79 Å². The maximum absolute atomic E-state index is 13.6. The molecule has 1 amide bonds. The number of benzene rings is 2. The fraction of sp³-hybridized carbons (Fsp3) is 0.292. The van der Waals surface area contributed by atoms with Crippen LogP contribution < -0.4 is 19.1 Å². The van der Waals surface area contributed by atoms with Gasteiger partial charge in [0, 0.05) is 31.0 Å². The molecule has 2 heterocycles. The van der Waals surface area contributed by atoms with Gasteiger partial charge in [-0.2, -0.15) is 0 Å². The highest BCUT2D eigenvalue weighted by atomic mass is 32.1. The van der Waals surface area contributed by atoms with E-state index >= 15 is 0 Å². The maximum Gasteiger partial charge on any atom is 0.260 e. The summed E-state index contributed by atoms with van der Waals surface area (Å²) in [7, 11) is 3.12. The first-order valence-corrected chi connectivity index (χ1v) is 11.5. The van der Waals surface area contributed by atoms with Crippen LogP contribution in [0.1, 0.15) is 23.7 Å². The van der Waals surface area contributed by atoms with Crippen LogP contribution in [0.15, 0.2) is 55.1 Å². The summed E-state index contributed by atoms with van der Waals surface area (Å²) in [5.74, 6) is 1.72. The van der Waals surface area contributed by atoms with Crippen molar-refractivity contribution in [3.8, 4) is 17.2 Å². The van der Waals surface area contributed by atoms with Gasteiger partial charge in [0.05, 0.1) is 37.4 Å². The number of ether oxygens (including phenoxy) is 3. The maximum atomic E-state index is 13.6. The number of methoxy groups -OCH3 is 2. The number of nitrogens with zero attached hydrogens (tertiary/aromatic N) is 4. The van der Waals surface area contributed by atoms with Crippen LogP contribution in [0.4, 0.5) is 5.13 Å². The largest absolute Gasteiger partial charge is 0.494 e. The van der Waals surface area contributed by atoms with Crippen LogP contribution in [-0.4, -0.2) is 47.8 Å². The highest BCUT2D eigenvalue weighted by Crippen LogP contribution is 2.34. The van der Waals surface area contributed by atoms with E-state index in [-0.39, 0.29) is 5.91 Å². The first-order chi connectivity index (χ1) is 16.1. The topological polar surface area (TPSA) is 78.7 Å². The van der Waals surface area contributed by atoms with Gasteiger partial charge in [-0.1, -0.05) is 11.3 Å². The Morgan fingerprint density at radius 3 is 2.70 bits per heavy atom. The van der Waals surface area contributed by atoms with E-state index in [1.165, 1.54) is 11.3 Å². The predicted molar refractivity (Wildman–Crippen MR) is 129 cm³/mol. The van der Waals surface area contributed by atoms with E-state index in [1.807, 2.05) is 35.9 Å². The minimum absolute atomic E-state index is 0.148. The number of hydrogen-bond donors (Lipinski definition) is 0. The Balaban J connectivity index is 1.65. The quantitative estimate of drug-likeness (QED) is 0.339. The molecular formula is C24H26N4O4S. The first kappa shape index (κ1) is 22.6. The van der Waals surface area contributed by atoms with Crippen molar-refractivity contribution in [2.75, 3.05) is 32.3 Å². The molecule has 0 aliphatic heterocycles. The molecule has 0 saturated heterocycles. The number of carbonyl (C=O) groups is 1. The lowest BCUT2D eigenvalue weighted by Gasteiger charge is -2.20. The van der Waals surface area contributed by atoms with Crippen molar-refractivity contribution < 1.29 is 19.0 Å². The van der Waals surface area contributed by atoms with Gasteiger partial charge in [-0.05, 0) is 49.7 Å². The Kier molecular flexibility index (Phi) is 7.09. The molecule has 0 atom stereocenters. The number of hydrogen-bond acceptors (Lipinski definition) is 7. The Hall–Kier alpha value is -3.59. The molecule has 172 valence electrons. The molecule has 0 aliphatic carbocycles. The molecule has 4 aromatic rings. The first-order valence-electron chi connectivity index (χ1n) is 10.7.